The van der Waals surface area contributed by atoms with Crippen molar-refractivity contribution >= 4 is 0 Å². The predicted octanol–water partition coefficient (Wildman–Crippen LogP) is 0.00430. The monoisotopic (exact) mass is 159 g/mol. The highest BCUT2D eigenvalue weighted by Gasteiger charge is 2.05. The second-order valence-electron chi connectivity index (χ2n) is 2.82. The zero-order valence-electron chi connectivity index (χ0n) is 7.71. The molecule has 0 rings (SSSR count). The maximum atomic E-state index is 5.81. The van der Waals surface area contributed by atoms with Crippen molar-refractivity contribution < 1.29 is 0 Å². The summed E-state index contributed by atoms with van der Waals surface area (Å²) in [5, 5.41) is 0. The van der Waals surface area contributed by atoms with Crippen molar-refractivity contribution in [1.29, 1.82) is 0 Å². The van der Waals surface area contributed by atoms with E-state index in [9.17, 15) is 0 Å². The molecule has 0 bridgehead atoms. The third-order valence-electron chi connectivity index (χ3n) is 1.92. The number of rotatable bonds is 6. The van der Waals surface area contributed by atoms with E-state index in [0.29, 0.717) is 6.54 Å². The van der Waals surface area contributed by atoms with Crippen molar-refractivity contribution in [2.24, 2.45) is 11.5 Å². The number of nitrogens with zero attached hydrogens (tertiary/aromatic N) is 1. The van der Waals surface area contributed by atoms with E-state index in [0.717, 1.165) is 26.1 Å². The standard InChI is InChI=1S/C8H21N3/c1-3-11(4-2)7-8(10)5-6-9/h8H,3-7,9-10H2,1-2H3. The normalized spacial score (nSPS) is 13.9. The summed E-state index contributed by atoms with van der Waals surface area (Å²) in [6, 6.07) is 0.250. The largest absolute Gasteiger partial charge is 0.330 e. The van der Waals surface area contributed by atoms with E-state index in [1.54, 1.807) is 0 Å². The molecule has 0 aliphatic carbocycles. The van der Waals surface area contributed by atoms with Crippen LogP contribution in [0.1, 0.15) is 20.3 Å². The van der Waals surface area contributed by atoms with Crippen molar-refractivity contribution in [2.45, 2.75) is 26.3 Å². The van der Waals surface area contributed by atoms with Gasteiger partial charge in [0.15, 0.2) is 0 Å². The molecule has 0 fully saturated rings. The fraction of sp³-hybridized carbons (Fsp3) is 1.00. The van der Waals surface area contributed by atoms with Crippen LogP contribution in [0.4, 0.5) is 0 Å². The predicted molar refractivity (Wildman–Crippen MR) is 49.4 cm³/mol. The topological polar surface area (TPSA) is 55.3 Å². The van der Waals surface area contributed by atoms with Crippen LogP contribution in [0.25, 0.3) is 0 Å². The van der Waals surface area contributed by atoms with Gasteiger partial charge in [-0.05, 0) is 26.1 Å². The molecule has 0 heterocycles. The first-order valence-electron chi connectivity index (χ1n) is 4.42. The molecule has 0 radical (unpaired) electrons. The summed E-state index contributed by atoms with van der Waals surface area (Å²) in [5.74, 6) is 0. The van der Waals surface area contributed by atoms with Crippen molar-refractivity contribution in [2.75, 3.05) is 26.2 Å². The first kappa shape index (κ1) is 10.9. The van der Waals surface area contributed by atoms with E-state index in [-0.39, 0.29) is 6.04 Å². The minimum Gasteiger partial charge on any atom is -0.330 e. The van der Waals surface area contributed by atoms with Crippen LogP contribution in [0.5, 0.6) is 0 Å². The third kappa shape index (κ3) is 5.18. The highest BCUT2D eigenvalue weighted by atomic mass is 15.1. The minimum atomic E-state index is 0.250. The first-order valence-corrected chi connectivity index (χ1v) is 4.42. The van der Waals surface area contributed by atoms with Crippen LogP contribution in [0.2, 0.25) is 0 Å². The summed E-state index contributed by atoms with van der Waals surface area (Å²) in [6.45, 7) is 8.13. The van der Waals surface area contributed by atoms with Crippen molar-refractivity contribution in [1.82, 2.24) is 4.90 Å². The van der Waals surface area contributed by atoms with Gasteiger partial charge in [-0.15, -0.1) is 0 Å². The Morgan fingerprint density at radius 3 is 2.18 bits per heavy atom. The van der Waals surface area contributed by atoms with Crippen molar-refractivity contribution in [3.8, 4) is 0 Å². The molecule has 0 aliphatic rings. The molecule has 68 valence electrons. The number of nitrogens with two attached hydrogens (primary N) is 2. The SMILES string of the molecule is CCN(CC)CC(N)CCN. The van der Waals surface area contributed by atoms with Gasteiger partial charge in [0, 0.05) is 12.6 Å². The summed E-state index contributed by atoms with van der Waals surface area (Å²) < 4.78 is 0. The number of likely N-dealkylation sites (N-methyl/N-ethyl adjacent to an activating group) is 1. The second-order valence-corrected chi connectivity index (χ2v) is 2.82. The van der Waals surface area contributed by atoms with Gasteiger partial charge in [-0.2, -0.15) is 0 Å². The summed E-state index contributed by atoms with van der Waals surface area (Å²) in [4.78, 5) is 2.32. The Kier molecular flexibility index (Phi) is 6.51. The van der Waals surface area contributed by atoms with Gasteiger partial charge < -0.3 is 16.4 Å². The molecule has 0 aromatic heterocycles. The molecule has 11 heavy (non-hydrogen) atoms. The Bertz CT molecular complexity index is 81.4. The molecule has 4 N–H and O–H groups in total. The highest BCUT2D eigenvalue weighted by molar-refractivity contribution is 4.66. The van der Waals surface area contributed by atoms with Crippen molar-refractivity contribution in [3.05, 3.63) is 0 Å². The van der Waals surface area contributed by atoms with Gasteiger partial charge in [-0.25, -0.2) is 0 Å². The van der Waals surface area contributed by atoms with Gasteiger partial charge in [0.05, 0.1) is 0 Å². The Morgan fingerprint density at radius 2 is 1.82 bits per heavy atom. The average Bonchev–Trinajstić information content (AvgIpc) is 2.01. The molecule has 1 atom stereocenters. The van der Waals surface area contributed by atoms with E-state index in [1.165, 1.54) is 0 Å². The van der Waals surface area contributed by atoms with Crippen LogP contribution in [-0.4, -0.2) is 37.1 Å². The molecule has 3 nitrogen and oxygen atoms in total. The zero-order chi connectivity index (χ0) is 8.69. The van der Waals surface area contributed by atoms with Crippen molar-refractivity contribution in [3.63, 3.8) is 0 Å². The number of hydrogen-bond donors (Lipinski definition) is 2. The molecular formula is C8H21N3. The van der Waals surface area contributed by atoms with E-state index in [4.69, 9.17) is 11.5 Å². The van der Waals surface area contributed by atoms with Crippen LogP contribution >= 0.6 is 0 Å². The van der Waals surface area contributed by atoms with E-state index < -0.39 is 0 Å². The molecular weight excluding hydrogens is 138 g/mol. The second kappa shape index (κ2) is 6.58. The van der Waals surface area contributed by atoms with Crippen LogP contribution in [0.15, 0.2) is 0 Å². The highest BCUT2D eigenvalue weighted by Crippen LogP contribution is 1.92. The maximum Gasteiger partial charge on any atom is 0.0179 e. The molecule has 0 amide bonds. The molecule has 0 aromatic carbocycles. The fourth-order valence-corrected chi connectivity index (χ4v) is 1.12. The molecule has 0 saturated heterocycles. The molecule has 0 spiro atoms. The lowest BCUT2D eigenvalue weighted by atomic mass is 10.2. The molecule has 0 aliphatic heterocycles. The Balaban J connectivity index is 3.44. The number of hydrogen-bond acceptors (Lipinski definition) is 3. The average molecular weight is 159 g/mol. The summed E-state index contributed by atoms with van der Waals surface area (Å²) >= 11 is 0. The smallest absolute Gasteiger partial charge is 0.0179 e. The Hall–Kier alpha value is -0.120. The van der Waals surface area contributed by atoms with Crippen LogP contribution in [-0.2, 0) is 0 Å². The van der Waals surface area contributed by atoms with Gasteiger partial charge >= 0.3 is 0 Å². The van der Waals surface area contributed by atoms with Gasteiger partial charge in [-0.1, -0.05) is 13.8 Å². The van der Waals surface area contributed by atoms with Gasteiger partial charge in [-0.3, -0.25) is 0 Å². The molecule has 3 heteroatoms. The summed E-state index contributed by atoms with van der Waals surface area (Å²) in [6.07, 6.45) is 0.927. The Morgan fingerprint density at radius 1 is 1.27 bits per heavy atom. The quantitative estimate of drug-likeness (QED) is 0.574. The maximum absolute atomic E-state index is 5.81. The molecule has 0 aromatic rings. The summed E-state index contributed by atoms with van der Waals surface area (Å²) in [7, 11) is 0. The minimum absolute atomic E-state index is 0.250. The van der Waals surface area contributed by atoms with E-state index in [2.05, 4.69) is 18.7 Å². The first-order chi connectivity index (χ1) is 5.24. The zero-order valence-corrected chi connectivity index (χ0v) is 7.71. The summed E-state index contributed by atoms with van der Waals surface area (Å²) in [5.41, 5.74) is 11.2. The lowest BCUT2D eigenvalue weighted by Crippen LogP contribution is -2.38. The van der Waals surface area contributed by atoms with Gasteiger partial charge in [0.2, 0.25) is 0 Å². The fourth-order valence-electron chi connectivity index (χ4n) is 1.12. The Labute approximate surface area is 69.7 Å². The molecule has 1 unspecified atom stereocenters. The third-order valence-corrected chi connectivity index (χ3v) is 1.92. The van der Waals surface area contributed by atoms with Crippen LogP contribution < -0.4 is 11.5 Å². The van der Waals surface area contributed by atoms with E-state index >= 15 is 0 Å². The lowest BCUT2D eigenvalue weighted by molar-refractivity contribution is 0.279. The van der Waals surface area contributed by atoms with Crippen LogP contribution in [0, 0.1) is 0 Å². The molecule has 0 saturated carbocycles. The van der Waals surface area contributed by atoms with E-state index in [1.807, 2.05) is 0 Å². The van der Waals surface area contributed by atoms with Gasteiger partial charge in [0.1, 0.15) is 0 Å². The van der Waals surface area contributed by atoms with Gasteiger partial charge in [0.25, 0.3) is 0 Å². The lowest BCUT2D eigenvalue weighted by Gasteiger charge is -2.21. The van der Waals surface area contributed by atoms with Crippen LogP contribution in [0.3, 0.4) is 0 Å².